The standard InChI is InChI=1S/C3H4N2O.C2H5NO/c6-3-1-4-2-5-3;1-2(3)4/h2H,1H2,(H,4,5,6);1H3,(H2,3,4). The van der Waals surface area contributed by atoms with E-state index in [-0.39, 0.29) is 11.8 Å². The van der Waals surface area contributed by atoms with E-state index < -0.39 is 0 Å². The van der Waals surface area contributed by atoms with Gasteiger partial charge in [0.15, 0.2) is 0 Å². The number of rotatable bonds is 0. The molecule has 56 valence electrons. The van der Waals surface area contributed by atoms with Gasteiger partial charge in [-0.15, -0.1) is 0 Å². The zero-order valence-corrected chi connectivity index (χ0v) is 5.63. The molecule has 10 heavy (non-hydrogen) atoms. The molecule has 0 saturated heterocycles. The number of nitrogens with zero attached hydrogens (tertiary/aromatic N) is 1. The topological polar surface area (TPSA) is 84.6 Å². The number of primary amides is 1. The van der Waals surface area contributed by atoms with Crippen molar-refractivity contribution in [2.45, 2.75) is 6.92 Å². The van der Waals surface area contributed by atoms with Crippen molar-refractivity contribution in [1.82, 2.24) is 5.32 Å². The number of aliphatic imine (C=N–C) groups is 1. The van der Waals surface area contributed by atoms with Crippen LogP contribution in [0.3, 0.4) is 0 Å². The van der Waals surface area contributed by atoms with E-state index in [1.807, 2.05) is 0 Å². The van der Waals surface area contributed by atoms with E-state index in [4.69, 9.17) is 0 Å². The van der Waals surface area contributed by atoms with Crippen LogP contribution in [0.5, 0.6) is 0 Å². The number of nitrogens with two attached hydrogens (primary N) is 1. The molecule has 1 aliphatic rings. The lowest BCUT2D eigenvalue weighted by Crippen LogP contribution is -2.15. The molecule has 0 aliphatic carbocycles. The highest BCUT2D eigenvalue weighted by Gasteiger charge is 1.98. The van der Waals surface area contributed by atoms with Crippen LogP contribution in [0, 0.1) is 0 Å². The summed E-state index contributed by atoms with van der Waals surface area (Å²) < 4.78 is 0. The maximum atomic E-state index is 10.0. The van der Waals surface area contributed by atoms with Crippen molar-refractivity contribution in [3.05, 3.63) is 0 Å². The Morgan fingerprint density at radius 2 is 2.40 bits per heavy atom. The third-order valence-electron chi connectivity index (χ3n) is 0.552. The van der Waals surface area contributed by atoms with Gasteiger partial charge in [0.25, 0.3) is 0 Å². The molecule has 1 aliphatic heterocycles. The molecule has 5 heteroatoms. The maximum Gasteiger partial charge on any atom is 0.246 e. The second-order valence-corrected chi connectivity index (χ2v) is 1.65. The molecule has 0 unspecified atom stereocenters. The second-order valence-electron chi connectivity index (χ2n) is 1.65. The molecule has 0 fully saturated rings. The van der Waals surface area contributed by atoms with Crippen LogP contribution in [0.4, 0.5) is 0 Å². The fourth-order valence-corrected chi connectivity index (χ4v) is 0.292. The van der Waals surface area contributed by atoms with Crippen LogP contribution in [0.15, 0.2) is 4.99 Å². The highest BCUT2D eigenvalue weighted by molar-refractivity contribution is 5.93. The maximum absolute atomic E-state index is 10.0. The molecule has 5 nitrogen and oxygen atoms in total. The molecule has 0 radical (unpaired) electrons. The number of amides is 2. The van der Waals surface area contributed by atoms with Crippen LogP contribution >= 0.6 is 0 Å². The first kappa shape index (κ1) is 8.61. The fraction of sp³-hybridized carbons (Fsp3) is 0.400. The predicted octanol–water partition coefficient (Wildman–Crippen LogP) is -1.36. The average Bonchev–Trinajstić information content (AvgIpc) is 2.15. The summed E-state index contributed by atoms with van der Waals surface area (Å²) in [6.07, 6.45) is 1.41. The monoisotopic (exact) mass is 143 g/mol. The highest BCUT2D eigenvalue weighted by Crippen LogP contribution is 1.73. The summed E-state index contributed by atoms with van der Waals surface area (Å²) in [5, 5.41) is 2.39. The normalized spacial score (nSPS) is 13.5. The Morgan fingerprint density at radius 1 is 1.90 bits per heavy atom. The van der Waals surface area contributed by atoms with Crippen molar-refractivity contribution in [2.24, 2.45) is 10.7 Å². The van der Waals surface area contributed by atoms with Gasteiger partial charge in [-0.05, 0) is 0 Å². The van der Waals surface area contributed by atoms with Crippen molar-refractivity contribution in [3.8, 4) is 0 Å². The van der Waals surface area contributed by atoms with Crippen molar-refractivity contribution in [1.29, 1.82) is 0 Å². The summed E-state index contributed by atoms with van der Waals surface area (Å²) in [7, 11) is 0. The fourth-order valence-electron chi connectivity index (χ4n) is 0.292. The number of carbonyl (C=O) groups excluding carboxylic acids is 2. The summed E-state index contributed by atoms with van der Waals surface area (Å²) in [6.45, 7) is 1.61. The smallest absolute Gasteiger partial charge is 0.246 e. The second kappa shape index (κ2) is 4.49. The average molecular weight is 143 g/mol. The van der Waals surface area contributed by atoms with E-state index in [1.54, 1.807) is 0 Å². The molecule has 0 saturated carbocycles. The van der Waals surface area contributed by atoms with E-state index in [1.165, 1.54) is 13.3 Å². The molecule has 3 N–H and O–H groups in total. The van der Waals surface area contributed by atoms with E-state index >= 15 is 0 Å². The number of hydrogen-bond donors (Lipinski definition) is 2. The number of hydrogen-bond acceptors (Lipinski definition) is 3. The molecule has 0 bridgehead atoms. The molecule has 0 atom stereocenters. The van der Waals surface area contributed by atoms with Gasteiger partial charge in [0.1, 0.15) is 6.54 Å². The van der Waals surface area contributed by atoms with Crippen LogP contribution in [0.1, 0.15) is 6.92 Å². The van der Waals surface area contributed by atoms with Gasteiger partial charge in [-0.25, -0.2) is 0 Å². The lowest BCUT2D eigenvalue weighted by molar-refractivity contribution is -0.118. The SMILES string of the molecule is CC(N)=O.O=C1CN=CN1. The third kappa shape index (κ3) is 6.61. The van der Waals surface area contributed by atoms with Crippen LogP contribution in [-0.2, 0) is 9.59 Å². The molecule has 1 rings (SSSR count). The summed E-state index contributed by atoms with van der Waals surface area (Å²) >= 11 is 0. The zero-order valence-electron chi connectivity index (χ0n) is 5.63. The van der Waals surface area contributed by atoms with Gasteiger partial charge in [0.05, 0.1) is 6.34 Å². The van der Waals surface area contributed by atoms with Gasteiger partial charge < -0.3 is 11.1 Å². The summed E-state index contributed by atoms with van der Waals surface area (Å²) in [5.74, 6) is -0.352. The van der Waals surface area contributed by atoms with Gasteiger partial charge in [-0.1, -0.05) is 0 Å². The third-order valence-corrected chi connectivity index (χ3v) is 0.552. The van der Waals surface area contributed by atoms with Gasteiger partial charge in [-0.3, -0.25) is 14.6 Å². The quantitative estimate of drug-likeness (QED) is 0.438. The van der Waals surface area contributed by atoms with Gasteiger partial charge in [-0.2, -0.15) is 0 Å². The molecule has 0 aromatic heterocycles. The summed E-state index contributed by atoms with van der Waals surface area (Å²) in [4.78, 5) is 22.8. The first-order chi connectivity index (χ1) is 4.63. The lowest BCUT2D eigenvalue weighted by atomic mass is 10.7. The Morgan fingerprint density at radius 3 is 2.50 bits per heavy atom. The lowest BCUT2D eigenvalue weighted by Gasteiger charge is -1.76. The van der Waals surface area contributed by atoms with Gasteiger partial charge in [0, 0.05) is 6.92 Å². The predicted molar refractivity (Wildman–Crippen MR) is 36.4 cm³/mol. The van der Waals surface area contributed by atoms with Crippen molar-refractivity contribution < 1.29 is 9.59 Å². The van der Waals surface area contributed by atoms with Crippen molar-refractivity contribution >= 4 is 18.2 Å². The first-order valence-corrected chi connectivity index (χ1v) is 2.66. The number of carbonyl (C=O) groups is 2. The minimum atomic E-state index is -0.333. The Labute approximate surface area is 58.3 Å². The molecule has 0 spiro atoms. The molecule has 2 amide bonds. The van der Waals surface area contributed by atoms with E-state index in [2.05, 4.69) is 16.0 Å². The van der Waals surface area contributed by atoms with Crippen LogP contribution < -0.4 is 11.1 Å². The van der Waals surface area contributed by atoms with Crippen molar-refractivity contribution in [3.63, 3.8) is 0 Å². The van der Waals surface area contributed by atoms with Crippen molar-refractivity contribution in [2.75, 3.05) is 6.54 Å². The van der Waals surface area contributed by atoms with Crippen LogP contribution in [0.2, 0.25) is 0 Å². The molecular formula is C5H9N3O2. The minimum absolute atomic E-state index is 0.0185. The van der Waals surface area contributed by atoms with E-state index in [0.29, 0.717) is 6.54 Å². The molecule has 0 aromatic rings. The first-order valence-electron chi connectivity index (χ1n) is 2.66. The van der Waals surface area contributed by atoms with Crippen LogP contribution in [0.25, 0.3) is 0 Å². The Bertz CT molecular complexity index is 150. The largest absolute Gasteiger partial charge is 0.370 e. The van der Waals surface area contributed by atoms with E-state index in [9.17, 15) is 9.59 Å². The highest BCUT2D eigenvalue weighted by atomic mass is 16.2. The van der Waals surface area contributed by atoms with E-state index in [0.717, 1.165) is 0 Å². The zero-order chi connectivity index (χ0) is 7.98. The summed E-state index contributed by atoms with van der Waals surface area (Å²) in [6, 6.07) is 0. The Kier molecular flexibility index (Phi) is 3.86. The summed E-state index contributed by atoms with van der Waals surface area (Å²) in [5.41, 5.74) is 4.47. The van der Waals surface area contributed by atoms with Gasteiger partial charge in [0.2, 0.25) is 11.8 Å². The molecule has 1 heterocycles. The Balaban J connectivity index is 0.000000180. The van der Waals surface area contributed by atoms with Crippen LogP contribution in [-0.4, -0.2) is 24.7 Å². The molecule has 0 aromatic carbocycles. The van der Waals surface area contributed by atoms with Gasteiger partial charge >= 0.3 is 0 Å². The molecular weight excluding hydrogens is 134 g/mol. The number of nitrogens with one attached hydrogen (secondary N) is 1. The Hall–Kier alpha value is -1.39. The minimum Gasteiger partial charge on any atom is -0.370 e.